The zero-order chi connectivity index (χ0) is 19.7. The summed E-state index contributed by atoms with van der Waals surface area (Å²) < 4.78 is 11.3. The molecular weight excluding hydrogens is 383 g/mol. The fraction of sp³-hybridized carbons (Fsp3) is 0.250. The molecule has 0 aliphatic rings. The van der Waals surface area contributed by atoms with E-state index in [0.29, 0.717) is 5.56 Å². The van der Waals surface area contributed by atoms with Gasteiger partial charge < -0.3 is 35.3 Å². The van der Waals surface area contributed by atoms with Gasteiger partial charge in [0.1, 0.15) is 17.2 Å². The lowest BCUT2D eigenvalue weighted by atomic mass is 9.89. The molecule has 0 saturated carbocycles. The molecule has 0 heterocycles. The van der Waals surface area contributed by atoms with Crippen molar-refractivity contribution in [3.8, 4) is 17.2 Å². The standard InChI is InChI=1S/C16H19O8PS/c1-9(10-3-2-4-11(17)5-10)8-16(20,21)15-13(19)6-12(18)7-14(15)26-25(22,23)24/h2-7,9,17-21H,8H2,1H3,(H2,22,23,24). The molecule has 0 radical (unpaired) electrons. The summed E-state index contributed by atoms with van der Waals surface area (Å²) in [6.07, 6.45) is -0.344. The topological polar surface area (TPSA) is 159 Å². The van der Waals surface area contributed by atoms with Crippen LogP contribution in [-0.4, -0.2) is 35.3 Å². The Morgan fingerprint density at radius 2 is 1.73 bits per heavy atom. The SMILES string of the molecule is CC(CC(O)(O)c1c(O)cc(O)cc1SP(=O)(O)O)c1cccc(O)c1. The Labute approximate surface area is 153 Å². The fourth-order valence-electron chi connectivity index (χ4n) is 2.67. The van der Waals surface area contributed by atoms with Gasteiger partial charge in [0.2, 0.25) is 0 Å². The van der Waals surface area contributed by atoms with Crippen molar-refractivity contribution in [3.05, 3.63) is 47.5 Å². The van der Waals surface area contributed by atoms with Crippen molar-refractivity contribution < 1.29 is 39.9 Å². The number of benzene rings is 2. The Hall–Kier alpha value is -1.74. The molecule has 0 bridgehead atoms. The lowest BCUT2D eigenvalue weighted by molar-refractivity contribution is -0.180. The van der Waals surface area contributed by atoms with Gasteiger partial charge in [-0.15, -0.1) is 0 Å². The van der Waals surface area contributed by atoms with E-state index in [-0.39, 0.29) is 28.4 Å². The molecule has 0 aliphatic heterocycles. The highest BCUT2D eigenvalue weighted by Crippen LogP contribution is 2.58. The van der Waals surface area contributed by atoms with Crippen LogP contribution in [0.1, 0.15) is 30.4 Å². The van der Waals surface area contributed by atoms with E-state index in [2.05, 4.69) is 0 Å². The molecule has 1 atom stereocenters. The van der Waals surface area contributed by atoms with Gasteiger partial charge in [-0.2, -0.15) is 0 Å². The van der Waals surface area contributed by atoms with Crippen LogP contribution in [0, 0.1) is 0 Å². The van der Waals surface area contributed by atoms with Gasteiger partial charge in [-0.1, -0.05) is 19.1 Å². The summed E-state index contributed by atoms with van der Waals surface area (Å²) in [5, 5.41) is 50.2. The first-order valence-corrected chi connectivity index (χ1v) is 10.5. The zero-order valence-electron chi connectivity index (χ0n) is 13.6. The Bertz CT molecular complexity index is 848. The van der Waals surface area contributed by atoms with E-state index >= 15 is 0 Å². The predicted octanol–water partition coefficient (Wildman–Crippen LogP) is 2.32. The molecule has 8 nitrogen and oxygen atoms in total. The minimum Gasteiger partial charge on any atom is -0.508 e. The number of hydrogen-bond acceptors (Lipinski definition) is 7. The van der Waals surface area contributed by atoms with E-state index in [4.69, 9.17) is 9.79 Å². The van der Waals surface area contributed by atoms with Gasteiger partial charge in [0.25, 0.3) is 0 Å². The van der Waals surface area contributed by atoms with Gasteiger partial charge >= 0.3 is 6.80 Å². The summed E-state index contributed by atoms with van der Waals surface area (Å²) in [6, 6.07) is 7.94. The molecule has 142 valence electrons. The summed E-state index contributed by atoms with van der Waals surface area (Å²) >= 11 is -0.00542. The van der Waals surface area contributed by atoms with Gasteiger partial charge in [0.05, 0.1) is 5.56 Å². The lowest BCUT2D eigenvalue weighted by Crippen LogP contribution is -2.28. The molecule has 1 unspecified atom stereocenters. The van der Waals surface area contributed by atoms with Gasteiger partial charge in [0, 0.05) is 17.4 Å². The number of phenolic OH excluding ortho intramolecular Hbond substituents is 3. The highest BCUT2D eigenvalue weighted by molar-refractivity contribution is 8.54. The second-order valence-corrected chi connectivity index (χ2v) is 9.51. The van der Waals surface area contributed by atoms with E-state index in [1.165, 1.54) is 12.1 Å². The largest absolute Gasteiger partial charge is 0.508 e. The first-order valence-electron chi connectivity index (χ1n) is 7.44. The fourth-order valence-corrected chi connectivity index (χ4v) is 4.66. The molecule has 0 saturated heterocycles. The van der Waals surface area contributed by atoms with Crippen molar-refractivity contribution in [1.29, 1.82) is 0 Å². The molecule has 0 amide bonds. The van der Waals surface area contributed by atoms with Gasteiger partial charge in [-0.05, 0) is 41.1 Å². The van der Waals surface area contributed by atoms with Crippen LogP contribution in [-0.2, 0) is 10.4 Å². The molecule has 26 heavy (non-hydrogen) atoms. The van der Waals surface area contributed by atoms with Crippen molar-refractivity contribution in [3.63, 3.8) is 0 Å². The lowest BCUT2D eigenvalue weighted by Gasteiger charge is -2.28. The molecule has 0 aliphatic carbocycles. The van der Waals surface area contributed by atoms with E-state index in [0.717, 1.165) is 12.1 Å². The van der Waals surface area contributed by atoms with E-state index in [9.17, 15) is 30.1 Å². The molecule has 2 aromatic rings. The number of aromatic hydroxyl groups is 3. The third-order valence-corrected chi connectivity index (χ3v) is 5.77. The van der Waals surface area contributed by atoms with Crippen molar-refractivity contribution in [1.82, 2.24) is 0 Å². The van der Waals surface area contributed by atoms with Crippen LogP contribution in [0.25, 0.3) is 0 Å². The Balaban J connectivity index is 2.43. The second-order valence-electron chi connectivity index (χ2n) is 5.94. The highest BCUT2D eigenvalue weighted by atomic mass is 32.7. The van der Waals surface area contributed by atoms with Crippen LogP contribution >= 0.6 is 18.2 Å². The number of phenols is 3. The van der Waals surface area contributed by atoms with Gasteiger partial charge in [-0.25, -0.2) is 4.57 Å². The zero-order valence-corrected chi connectivity index (χ0v) is 15.4. The number of hydrogen-bond donors (Lipinski definition) is 7. The minimum absolute atomic E-state index is 0.000976. The first-order chi connectivity index (χ1) is 11.9. The summed E-state index contributed by atoms with van der Waals surface area (Å²) in [4.78, 5) is 17.9. The van der Waals surface area contributed by atoms with Crippen LogP contribution < -0.4 is 0 Å². The monoisotopic (exact) mass is 402 g/mol. The molecule has 0 fully saturated rings. The normalized spacial score (nSPS) is 13.6. The number of aliphatic hydroxyl groups is 2. The Morgan fingerprint density at radius 3 is 2.31 bits per heavy atom. The predicted molar refractivity (Wildman–Crippen MR) is 94.9 cm³/mol. The maximum Gasteiger partial charge on any atom is 0.388 e. The van der Waals surface area contributed by atoms with E-state index < -0.39 is 35.6 Å². The highest BCUT2D eigenvalue weighted by Gasteiger charge is 2.36. The third kappa shape index (κ3) is 5.14. The van der Waals surface area contributed by atoms with Crippen LogP contribution in [0.15, 0.2) is 41.3 Å². The Morgan fingerprint density at radius 1 is 1.08 bits per heavy atom. The van der Waals surface area contributed by atoms with Gasteiger partial charge in [-0.3, -0.25) is 0 Å². The summed E-state index contributed by atoms with van der Waals surface area (Å²) in [5.41, 5.74) is 0.0792. The average molecular weight is 402 g/mol. The summed E-state index contributed by atoms with van der Waals surface area (Å²) in [5.74, 6) is -4.34. The van der Waals surface area contributed by atoms with Gasteiger partial charge in [0.15, 0.2) is 5.79 Å². The first kappa shape index (κ1) is 20.6. The molecule has 0 aromatic heterocycles. The molecule has 2 aromatic carbocycles. The van der Waals surface area contributed by atoms with Crippen molar-refractivity contribution >= 4 is 18.2 Å². The number of rotatable bonds is 6. The molecule has 10 heteroatoms. The maximum absolute atomic E-state index is 11.3. The van der Waals surface area contributed by atoms with Crippen LogP contribution in [0.4, 0.5) is 0 Å². The second kappa shape index (κ2) is 7.48. The van der Waals surface area contributed by atoms with Crippen molar-refractivity contribution in [2.24, 2.45) is 0 Å². The quantitative estimate of drug-likeness (QED) is 0.284. The van der Waals surface area contributed by atoms with Crippen LogP contribution in [0.5, 0.6) is 17.2 Å². The minimum atomic E-state index is -4.68. The van der Waals surface area contributed by atoms with E-state index in [1.54, 1.807) is 19.1 Å². The maximum atomic E-state index is 11.3. The van der Waals surface area contributed by atoms with Crippen molar-refractivity contribution in [2.45, 2.75) is 29.9 Å². The molecule has 2 rings (SSSR count). The smallest absolute Gasteiger partial charge is 0.388 e. The Kier molecular flexibility index (Phi) is 5.92. The summed E-state index contributed by atoms with van der Waals surface area (Å²) in [6.45, 7) is -3.03. The average Bonchev–Trinajstić information content (AvgIpc) is 2.43. The molecule has 0 spiro atoms. The van der Waals surface area contributed by atoms with E-state index in [1.807, 2.05) is 0 Å². The van der Waals surface area contributed by atoms with Crippen molar-refractivity contribution in [2.75, 3.05) is 0 Å². The third-order valence-electron chi connectivity index (χ3n) is 3.71. The molecule has 7 N–H and O–H groups in total. The van der Waals surface area contributed by atoms with Crippen LogP contribution in [0.2, 0.25) is 0 Å². The molecular formula is C16H19O8PS. The van der Waals surface area contributed by atoms with Crippen LogP contribution in [0.3, 0.4) is 0 Å². The summed E-state index contributed by atoms with van der Waals surface area (Å²) in [7, 11) is 0.